The van der Waals surface area contributed by atoms with Crippen molar-refractivity contribution in [3.8, 4) is 17.2 Å². The summed E-state index contributed by atoms with van der Waals surface area (Å²) in [4.78, 5) is 2.46. The van der Waals surface area contributed by atoms with Gasteiger partial charge in [-0.3, -0.25) is 4.90 Å². The first kappa shape index (κ1) is 26.4. The van der Waals surface area contributed by atoms with Crippen LogP contribution in [0.25, 0.3) is 0 Å². The van der Waals surface area contributed by atoms with Gasteiger partial charge in [-0.05, 0) is 61.3 Å². The molecule has 1 aliphatic heterocycles. The average Bonchev–Trinajstić information content (AvgIpc) is 3.30. The van der Waals surface area contributed by atoms with Gasteiger partial charge in [-0.25, -0.2) is 0 Å². The van der Waals surface area contributed by atoms with E-state index in [4.69, 9.17) is 25.8 Å². The Hall–Kier alpha value is -2.68. The molecule has 0 aliphatic carbocycles. The highest BCUT2D eigenvalue weighted by Crippen LogP contribution is 2.39. The molecular weight excluding hydrogens is 496 g/mol. The fourth-order valence-electron chi connectivity index (χ4n) is 4.62. The van der Waals surface area contributed by atoms with Gasteiger partial charge in [0.15, 0.2) is 16.7 Å². The Bertz CT molecular complexity index is 1150. The van der Waals surface area contributed by atoms with E-state index in [1.165, 1.54) is 5.56 Å². The molecule has 7 nitrogen and oxygen atoms in total. The minimum atomic E-state index is 0.370. The summed E-state index contributed by atoms with van der Waals surface area (Å²) >= 11 is 7.83. The fraction of sp³-hybridized carbons (Fsp3) is 0.407. The predicted octanol–water partition coefficient (Wildman–Crippen LogP) is 5.82. The second-order valence-corrected chi connectivity index (χ2v) is 10.1. The third kappa shape index (κ3) is 6.17. The molecule has 1 saturated heterocycles. The number of hydrogen-bond acceptors (Lipinski definition) is 7. The van der Waals surface area contributed by atoms with E-state index in [1.54, 1.807) is 33.1 Å². The van der Waals surface area contributed by atoms with Gasteiger partial charge in [0.1, 0.15) is 5.82 Å². The molecule has 0 N–H and O–H groups in total. The zero-order valence-corrected chi connectivity index (χ0v) is 22.6. The molecule has 0 spiro atoms. The van der Waals surface area contributed by atoms with E-state index in [-0.39, 0.29) is 0 Å². The molecule has 1 fully saturated rings. The van der Waals surface area contributed by atoms with Crippen LogP contribution in [0.3, 0.4) is 0 Å². The monoisotopic (exact) mass is 528 g/mol. The lowest BCUT2D eigenvalue weighted by molar-refractivity contribution is 0.199. The molecule has 0 radical (unpaired) electrons. The molecule has 1 aliphatic rings. The maximum atomic E-state index is 6.14. The molecule has 1 aromatic heterocycles. The smallest absolute Gasteiger partial charge is 0.203 e. The van der Waals surface area contributed by atoms with Crippen molar-refractivity contribution in [2.24, 2.45) is 0 Å². The van der Waals surface area contributed by atoms with Gasteiger partial charge in [0.2, 0.25) is 5.75 Å². The highest BCUT2D eigenvalue weighted by molar-refractivity contribution is 7.98. The summed E-state index contributed by atoms with van der Waals surface area (Å²) in [6, 6.07) is 12.0. The SMILES string of the molecule is C=CCn1c(SCc2cccc(Cl)c2)nnc1C1CCN(Cc2cc(OC)c(OC)c(OC)c2)CC1. The van der Waals surface area contributed by atoms with Crippen molar-refractivity contribution in [3.05, 3.63) is 71.0 Å². The number of thioether (sulfide) groups is 1. The Balaban J connectivity index is 1.41. The van der Waals surface area contributed by atoms with Crippen molar-refractivity contribution < 1.29 is 14.2 Å². The van der Waals surface area contributed by atoms with Gasteiger partial charge < -0.3 is 18.8 Å². The zero-order chi connectivity index (χ0) is 25.5. The molecule has 4 rings (SSSR count). The van der Waals surface area contributed by atoms with E-state index in [0.717, 1.165) is 59.8 Å². The fourth-order valence-corrected chi connectivity index (χ4v) is 5.73. The van der Waals surface area contributed by atoms with Crippen LogP contribution in [0.15, 0.2) is 54.2 Å². The number of nitrogens with zero attached hydrogens (tertiary/aromatic N) is 4. The van der Waals surface area contributed by atoms with Gasteiger partial charge in [0.25, 0.3) is 0 Å². The molecule has 9 heteroatoms. The summed E-state index contributed by atoms with van der Waals surface area (Å²) < 4.78 is 18.7. The van der Waals surface area contributed by atoms with Gasteiger partial charge >= 0.3 is 0 Å². The highest BCUT2D eigenvalue weighted by Gasteiger charge is 2.26. The molecule has 36 heavy (non-hydrogen) atoms. The van der Waals surface area contributed by atoms with Crippen LogP contribution in [-0.4, -0.2) is 54.1 Å². The van der Waals surface area contributed by atoms with Crippen molar-refractivity contribution in [1.82, 2.24) is 19.7 Å². The van der Waals surface area contributed by atoms with Gasteiger partial charge in [0, 0.05) is 29.8 Å². The third-order valence-corrected chi connectivity index (χ3v) is 7.67. The summed E-state index contributed by atoms with van der Waals surface area (Å²) in [5.41, 5.74) is 2.31. The van der Waals surface area contributed by atoms with Crippen LogP contribution >= 0.6 is 23.4 Å². The van der Waals surface area contributed by atoms with Crippen LogP contribution in [0, 0.1) is 0 Å². The Labute approximate surface area is 222 Å². The first-order valence-electron chi connectivity index (χ1n) is 12.0. The van der Waals surface area contributed by atoms with Crippen LogP contribution in [0.4, 0.5) is 0 Å². The molecule has 0 amide bonds. The second kappa shape index (κ2) is 12.5. The molecule has 192 valence electrons. The number of rotatable bonds is 11. The molecule has 2 heterocycles. The third-order valence-electron chi connectivity index (χ3n) is 6.40. The Kier molecular flexibility index (Phi) is 9.18. The van der Waals surface area contributed by atoms with Crippen LogP contribution in [-0.2, 0) is 18.8 Å². The standard InChI is InChI=1S/C27H33ClN4O3S/c1-5-11-32-26(29-30-27(32)36-18-19-7-6-8-22(28)14-19)21-9-12-31(13-10-21)17-20-15-23(33-2)25(35-4)24(16-20)34-3/h5-8,14-16,21H,1,9-13,17-18H2,2-4H3. The lowest BCUT2D eigenvalue weighted by Gasteiger charge is -2.31. The van der Waals surface area contributed by atoms with Gasteiger partial charge in [-0.2, -0.15) is 0 Å². The number of likely N-dealkylation sites (tertiary alicyclic amines) is 1. The molecule has 0 saturated carbocycles. The number of halogens is 1. The molecular formula is C27H33ClN4O3S. The zero-order valence-electron chi connectivity index (χ0n) is 21.1. The van der Waals surface area contributed by atoms with Crippen molar-refractivity contribution in [1.29, 1.82) is 0 Å². The number of hydrogen-bond donors (Lipinski definition) is 0. The van der Waals surface area contributed by atoms with Gasteiger partial charge in [0.05, 0.1) is 21.3 Å². The lowest BCUT2D eigenvalue weighted by atomic mass is 9.95. The van der Waals surface area contributed by atoms with Crippen molar-refractivity contribution in [2.75, 3.05) is 34.4 Å². The topological polar surface area (TPSA) is 61.6 Å². The maximum Gasteiger partial charge on any atom is 0.203 e. The van der Waals surface area contributed by atoms with Crippen LogP contribution in [0.2, 0.25) is 5.02 Å². The van der Waals surface area contributed by atoms with E-state index < -0.39 is 0 Å². The molecule has 0 atom stereocenters. The molecule has 0 bridgehead atoms. The van der Waals surface area contributed by atoms with Gasteiger partial charge in [-0.15, -0.1) is 16.8 Å². The summed E-state index contributed by atoms with van der Waals surface area (Å²) in [6.45, 7) is 7.43. The minimum Gasteiger partial charge on any atom is -0.493 e. The number of benzene rings is 2. The molecule has 2 aromatic carbocycles. The summed E-state index contributed by atoms with van der Waals surface area (Å²) in [5, 5.41) is 10.8. The summed E-state index contributed by atoms with van der Waals surface area (Å²) in [5.74, 6) is 4.20. The van der Waals surface area contributed by atoms with E-state index >= 15 is 0 Å². The van der Waals surface area contributed by atoms with Crippen molar-refractivity contribution in [3.63, 3.8) is 0 Å². The van der Waals surface area contributed by atoms with Crippen molar-refractivity contribution in [2.45, 2.75) is 42.8 Å². The second-order valence-electron chi connectivity index (χ2n) is 8.74. The predicted molar refractivity (Wildman–Crippen MR) is 145 cm³/mol. The molecule has 0 unspecified atom stereocenters. The average molecular weight is 529 g/mol. The van der Waals surface area contributed by atoms with Crippen LogP contribution < -0.4 is 14.2 Å². The first-order chi connectivity index (χ1) is 17.6. The van der Waals surface area contributed by atoms with E-state index in [9.17, 15) is 0 Å². The Morgan fingerprint density at radius 2 is 1.75 bits per heavy atom. The lowest BCUT2D eigenvalue weighted by Crippen LogP contribution is -2.33. The minimum absolute atomic E-state index is 0.370. The van der Waals surface area contributed by atoms with Crippen molar-refractivity contribution >= 4 is 23.4 Å². The number of ether oxygens (including phenoxy) is 3. The Morgan fingerprint density at radius 1 is 1.03 bits per heavy atom. The number of aromatic nitrogens is 3. The maximum absolute atomic E-state index is 6.14. The normalized spacial score (nSPS) is 14.6. The van der Waals surface area contributed by atoms with Gasteiger partial charge in [-0.1, -0.05) is 41.6 Å². The highest BCUT2D eigenvalue weighted by atomic mass is 35.5. The van der Waals surface area contributed by atoms with E-state index in [2.05, 4.69) is 32.3 Å². The first-order valence-corrected chi connectivity index (χ1v) is 13.3. The largest absolute Gasteiger partial charge is 0.493 e. The molecule has 3 aromatic rings. The van der Waals surface area contributed by atoms with E-state index in [1.807, 2.05) is 36.4 Å². The number of allylic oxidation sites excluding steroid dienone is 1. The van der Waals surface area contributed by atoms with Crippen LogP contribution in [0.1, 0.15) is 35.7 Å². The van der Waals surface area contributed by atoms with E-state index in [0.29, 0.717) is 29.7 Å². The number of methoxy groups -OCH3 is 3. The Morgan fingerprint density at radius 3 is 2.36 bits per heavy atom. The van der Waals surface area contributed by atoms with Crippen LogP contribution in [0.5, 0.6) is 17.2 Å². The summed E-state index contributed by atoms with van der Waals surface area (Å²) in [7, 11) is 4.91. The summed E-state index contributed by atoms with van der Waals surface area (Å²) in [6.07, 6.45) is 3.97. The number of piperidine rings is 1. The quantitative estimate of drug-likeness (QED) is 0.230.